The van der Waals surface area contributed by atoms with Crippen LogP contribution < -0.4 is 10.6 Å². The average molecular weight is 184 g/mol. The summed E-state index contributed by atoms with van der Waals surface area (Å²) in [6, 6.07) is 0. The predicted molar refractivity (Wildman–Crippen MR) is 57.9 cm³/mol. The van der Waals surface area contributed by atoms with Crippen LogP contribution >= 0.6 is 0 Å². The van der Waals surface area contributed by atoms with Crippen molar-refractivity contribution in [3.8, 4) is 0 Å². The van der Waals surface area contributed by atoms with E-state index in [1.165, 1.54) is 45.4 Å². The Bertz CT molecular complexity index is 113. The van der Waals surface area contributed by atoms with E-state index in [4.69, 9.17) is 0 Å². The summed E-state index contributed by atoms with van der Waals surface area (Å²) >= 11 is 0. The Kier molecular flexibility index (Phi) is 5.40. The van der Waals surface area contributed by atoms with Crippen LogP contribution in [0.25, 0.3) is 0 Å². The van der Waals surface area contributed by atoms with Gasteiger partial charge in [-0.05, 0) is 44.4 Å². The van der Waals surface area contributed by atoms with Crippen LogP contribution in [-0.4, -0.2) is 26.2 Å². The zero-order valence-electron chi connectivity index (χ0n) is 9.10. The second-order valence-electron chi connectivity index (χ2n) is 4.20. The summed E-state index contributed by atoms with van der Waals surface area (Å²) < 4.78 is 0. The molecule has 1 unspecified atom stereocenters. The minimum atomic E-state index is 0.884. The third-order valence-electron chi connectivity index (χ3n) is 3.18. The monoisotopic (exact) mass is 184 g/mol. The Balaban J connectivity index is 1.98. The maximum absolute atomic E-state index is 3.59. The zero-order valence-corrected chi connectivity index (χ0v) is 9.10. The van der Waals surface area contributed by atoms with E-state index in [2.05, 4.69) is 24.5 Å². The smallest absolute Gasteiger partial charge is 0.000779 e. The topological polar surface area (TPSA) is 24.1 Å². The Morgan fingerprint density at radius 1 is 1.38 bits per heavy atom. The molecule has 0 aromatic rings. The molecule has 0 amide bonds. The Morgan fingerprint density at radius 3 is 2.69 bits per heavy atom. The molecule has 2 nitrogen and oxygen atoms in total. The number of hydrogen-bond donors (Lipinski definition) is 2. The van der Waals surface area contributed by atoms with Crippen molar-refractivity contribution < 1.29 is 0 Å². The summed E-state index contributed by atoms with van der Waals surface area (Å²) in [6.45, 7) is 9.43. The van der Waals surface area contributed by atoms with E-state index >= 15 is 0 Å². The first kappa shape index (κ1) is 11.0. The van der Waals surface area contributed by atoms with Gasteiger partial charge in [-0.2, -0.15) is 0 Å². The van der Waals surface area contributed by atoms with Crippen LogP contribution in [0.15, 0.2) is 0 Å². The summed E-state index contributed by atoms with van der Waals surface area (Å²) in [5.74, 6) is 1.77. The van der Waals surface area contributed by atoms with Crippen LogP contribution in [0, 0.1) is 11.8 Å². The van der Waals surface area contributed by atoms with Crippen molar-refractivity contribution >= 4 is 0 Å². The van der Waals surface area contributed by atoms with Gasteiger partial charge in [-0.15, -0.1) is 0 Å². The molecule has 0 spiro atoms. The quantitative estimate of drug-likeness (QED) is 0.655. The standard InChI is InChI=1S/C11H24N2/c1-3-10(4-2)7-13-9-11-5-6-12-8-11/h10-13H,3-9H2,1-2H3. The van der Waals surface area contributed by atoms with Crippen molar-refractivity contribution in [1.29, 1.82) is 0 Å². The highest BCUT2D eigenvalue weighted by molar-refractivity contribution is 4.73. The summed E-state index contributed by atoms with van der Waals surface area (Å²) in [7, 11) is 0. The van der Waals surface area contributed by atoms with Gasteiger partial charge in [-0.1, -0.05) is 26.7 Å². The van der Waals surface area contributed by atoms with Gasteiger partial charge in [0.25, 0.3) is 0 Å². The molecule has 0 bridgehead atoms. The van der Waals surface area contributed by atoms with E-state index in [-0.39, 0.29) is 0 Å². The second-order valence-corrected chi connectivity index (χ2v) is 4.20. The normalized spacial score (nSPS) is 22.8. The van der Waals surface area contributed by atoms with Crippen LogP contribution in [-0.2, 0) is 0 Å². The fourth-order valence-electron chi connectivity index (χ4n) is 1.96. The highest BCUT2D eigenvalue weighted by atomic mass is 14.9. The van der Waals surface area contributed by atoms with Crippen LogP contribution in [0.4, 0.5) is 0 Å². The highest BCUT2D eigenvalue weighted by Crippen LogP contribution is 2.08. The third kappa shape index (κ3) is 4.10. The molecule has 1 fully saturated rings. The molecule has 2 heteroatoms. The molecule has 1 rings (SSSR count). The molecule has 1 heterocycles. The second kappa shape index (κ2) is 6.39. The lowest BCUT2D eigenvalue weighted by Crippen LogP contribution is -2.28. The zero-order chi connectivity index (χ0) is 9.52. The van der Waals surface area contributed by atoms with Crippen molar-refractivity contribution in [1.82, 2.24) is 10.6 Å². The summed E-state index contributed by atoms with van der Waals surface area (Å²) in [6.07, 6.45) is 3.98. The van der Waals surface area contributed by atoms with Crippen molar-refractivity contribution in [3.63, 3.8) is 0 Å². The van der Waals surface area contributed by atoms with Gasteiger partial charge in [0.2, 0.25) is 0 Å². The van der Waals surface area contributed by atoms with E-state index in [9.17, 15) is 0 Å². The van der Waals surface area contributed by atoms with Gasteiger partial charge in [-0.3, -0.25) is 0 Å². The third-order valence-corrected chi connectivity index (χ3v) is 3.18. The average Bonchev–Trinajstić information content (AvgIpc) is 2.65. The lowest BCUT2D eigenvalue weighted by molar-refractivity contribution is 0.420. The van der Waals surface area contributed by atoms with Gasteiger partial charge < -0.3 is 10.6 Å². The number of hydrogen-bond acceptors (Lipinski definition) is 2. The van der Waals surface area contributed by atoms with Crippen molar-refractivity contribution in [2.24, 2.45) is 11.8 Å². The number of nitrogens with one attached hydrogen (secondary N) is 2. The van der Waals surface area contributed by atoms with E-state index < -0.39 is 0 Å². The van der Waals surface area contributed by atoms with Gasteiger partial charge in [0.1, 0.15) is 0 Å². The van der Waals surface area contributed by atoms with E-state index in [0.29, 0.717) is 0 Å². The maximum Gasteiger partial charge on any atom is -0.000779 e. The summed E-state index contributed by atoms with van der Waals surface area (Å²) in [5, 5.41) is 6.99. The SMILES string of the molecule is CCC(CC)CNCC1CCNC1. The molecule has 1 aliphatic heterocycles. The Hall–Kier alpha value is -0.0800. The molecule has 78 valence electrons. The molecule has 1 atom stereocenters. The molecular formula is C11H24N2. The van der Waals surface area contributed by atoms with Gasteiger partial charge in [0.05, 0.1) is 0 Å². The van der Waals surface area contributed by atoms with E-state index in [1.54, 1.807) is 0 Å². The highest BCUT2D eigenvalue weighted by Gasteiger charge is 2.13. The fourth-order valence-corrected chi connectivity index (χ4v) is 1.96. The largest absolute Gasteiger partial charge is 0.316 e. The molecule has 1 saturated heterocycles. The molecule has 13 heavy (non-hydrogen) atoms. The van der Waals surface area contributed by atoms with Gasteiger partial charge in [0, 0.05) is 0 Å². The minimum absolute atomic E-state index is 0.884. The molecule has 0 aromatic heterocycles. The molecule has 0 saturated carbocycles. The first-order chi connectivity index (χ1) is 6.36. The summed E-state index contributed by atoms with van der Waals surface area (Å²) in [4.78, 5) is 0. The molecule has 1 aliphatic rings. The molecular weight excluding hydrogens is 160 g/mol. The van der Waals surface area contributed by atoms with Crippen molar-refractivity contribution in [2.45, 2.75) is 33.1 Å². The van der Waals surface area contributed by atoms with Gasteiger partial charge in [0.15, 0.2) is 0 Å². The van der Waals surface area contributed by atoms with Crippen LogP contribution in [0.1, 0.15) is 33.1 Å². The Morgan fingerprint density at radius 2 is 2.15 bits per heavy atom. The van der Waals surface area contributed by atoms with Gasteiger partial charge in [-0.25, -0.2) is 0 Å². The van der Waals surface area contributed by atoms with Crippen molar-refractivity contribution in [3.05, 3.63) is 0 Å². The van der Waals surface area contributed by atoms with Crippen molar-refractivity contribution in [2.75, 3.05) is 26.2 Å². The number of rotatable bonds is 6. The first-order valence-electron chi connectivity index (χ1n) is 5.78. The molecule has 0 aliphatic carbocycles. The lowest BCUT2D eigenvalue weighted by Gasteiger charge is -2.15. The van der Waals surface area contributed by atoms with E-state index in [0.717, 1.165) is 11.8 Å². The minimum Gasteiger partial charge on any atom is -0.316 e. The maximum atomic E-state index is 3.59. The fraction of sp³-hybridized carbons (Fsp3) is 1.00. The Labute approximate surface area is 82.5 Å². The molecule has 0 radical (unpaired) electrons. The van der Waals surface area contributed by atoms with Gasteiger partial charge >= 0.3 is 0 Å². The van der Waals surface area contributed by atoms with E-state index in [1.807, 2.05) is 0 Å². The van der Waals surface area contributed by atoms with Crippen LogP contribution in [0.2, 0.25) is 0 Å². The molecule has 0 aromatic carbocycles. The lowest BCUT2D eigenvalue weighted by atomic mass is 10.0. The first-order valence-corrected chi connectivity index (χ1v) is 5.78. The predicted octanol–water partition coefficient (Wildman–Crippen LogP) is 1.62. The summed E-state index contributed by atoms with van der Waals surface area (Å²) in [5.41, 5.74) is 0. The van der Waals surface area contributed by atoms with Crippen LogP contribution in [0.3, 0.4) is 0 Å². The molecule has 2 N–H and O–H groups in total. The van der Waals surface area contributed by atoms with Crippen LogP contribution in [0.5, 0.6) is 0 Å².